The van der Waals surface area contributed by atoms with Crippen molar-refractivity contribution in [2.24, 2.45) is 0 Å². The molecule has 2 aliphatic heterocycles. The van der Waals surface area contributed by atoms with E-state index in [2.05, 4.69) is 19.9 Å². The highest BCUT2D eigenvalue weighted by molar-refractivity contribution is 6.33. The fraction of sp³-hybridized carbons (Fsp3) is 0.261. The molecule has 3 aromatic heterocycles. The van der Waals surface area contributed by atoms with E-state index in [1.807, 2.05) is 30.3 Å². The van der Waals surface area contributed by atoms with Crippen LogP contribution >= 0.6 is 11.6 Å². The summed E-state index contributed by atoms with van der Waals surface area (Å²) in [7, 11) is 0. The van der Waals surface area contributed by atoms with E-state index in [1.165, 1.54) is 0 Å². The van der Waals surface area contributed by atoms with E-state index in [0.717, 1.165) is 12.0 Å². The summed E-state index contributed by atoms with van der Waals surface area (Å²) in [6.07, 6.45) is 0.593. The van der Waals surface area contributed by atoms with Crippen LogP contribution in [0.2, 0.25) is 5.02 Å². The van der Waals surface area contributed by atoms with Gasteiger partial charge in [-0.3, -0.25) is 0 Å². The Morgan fingerprint density at radius 3 is 2.78 bits per heavy atom. The molecule has 0 radical (unpaired) electrons. The van der Waals surface area contributed by atoms with Gasteiger partial charge in [-0.25, -0.2) is 9.97 Å². The largest absolute Gasteiger partial charge is 0.456 e. The summed E-state index contributed by atoms with van der Waals surface area (Å²) in [6.45, 7) is 1.11. The van der Waals surface area contributed by atoms with E-state index in [-0.39, 0.29) is 34.6 Å². The zero-order valence-electron chi connectivity index (χ0n) is 16.8. The van der Waals surface area contributed by atoms with Gasteiger partial charge in [-0.2, -0.15) is 9.37 Å². The van der Waals surface area contributed by atoms with E-state index < -0.39 is 5.95 Å². The predicted molar refractivity (Wildman–Crippen MR) is 116 cm³/mol. The van der Waals surface area contributed by atoms with Crippen LogP contribution in [0.1, 0.15) is 6.42 Å². The Morgan fingerprint density at radius 2 is 1.94 bits per heavy atom. The number of benzene rings is 1. The van der Waals surface area contributed by atoms with E-state index in [1.54, 1.807) is 18.2 Å². The molecular formula is C23H18ClFN4O3. The third kappa shape index (κ3) is 3.40. The molecule has 162 valence electrons. The second-order valence-corrected chi connectivity index (χ2v) is 8.19. The van der Waals surface area contributed by atoms with Crippen molar-refractivity contribution in [3.8, 4) is 28.5 Å². The molecule has 0 aliphatic carbocycles. The molecule has 6 rings (SSSR count). The number of H-pyrrole nitrogens is 1. The fourth-order valence-electron chi connectivity index (χ4n) is 4.20. The van der Waals surface area contributed by atoms with Crippen molar-refractivity contribution < 1.29 is 18.6 Å². The number of rotatable bonds is 4. The molecule has 32 heavy (non-hydrogen) atoms. The standard InChI is InChI=1S/C23H18ClFN4O3/c24-14-10-16-22(29-23(27-16)32-18-11-31-17-8-9-30-20(17)18)28-19(14)13-6-7-15(26-21(13)25)12-4-2-1-3-5-12/h1-7,10,17-18,20H,8-9,11H2,(H,27,28,29). The third-order valence-electron chi connectivity index (χ3n) is 5.76. The Hall–Kier alpha value is -3.07. The van der Waals surface area contributed by atoms with Crippen LogP contribution in [0, 0.1) is 5.95 Å². The number of fused-ring (bicyclic) bond motifs is 2. The van der Waals surface area contributed by atoms with Crippen molar-refractivity contribution in [3.05, 3.63) is 59.5 Å². The molecule has 9 heteroatoms. The van der Waals surface area contributed by atoms with Crippen LogP contribution in [-0.4, -0.2) is 51.5 Å². The number of halogens is 2. The quantitative estimate of drug-likeness (QED) is 0.462. The number of pyridine rings is 2. The number of nitrogens with zero attached hydrogens (tertiary/aromatic N) is 3. The lowest BCUT2D eigenvalue weighted by atomic mass is 10.1. The second kappa shape index (κ2) is 7.81. The third-order valence-corrected chi connectivity index (χ3v) is 6.05. The second-order valence-electron chi connectivity index (χ2n) is 7.78. The van der Waals surface area contributed by atoms with E-state index in [0.29, 0.717) is 36.1 Å². The highest BCUT2D eigenvalue weighted by Gasteiger charge is 2.43. The van der Waals surface area contributed by atoms with Gasteiger partial charge < -0.3 is 19.2 Å². The first-order valence-electron chi connectivity index (χ1n) is 10.3. The van der Waals surface area contributed by atoms with Crippen molar-refractivity contribution in [1.82, 2.24) is 19.9 Å². The number of hydrogen-bond acceptors (Lipinski definition) is 6. The number of imidazole rings is 1. The van der Waals surface area contributed by atoms with Crippen molar-refractivity contribution in [3.63, 3.8) is 0 Å². The molecule has 7 nitrogen and oxygen atoms in total. The highest BCUT2D eigenvalue weighted by atomic mass is 35.5. The van der Waals surface area contributed by atoms with Crippen molar-refractivity contribution in [2.45, 2.75) is 24.7 Å². The zero-order chi connectivity index (χ0) is 21.7. The van der Waals surface area contributed by atoms with E-state index >= 15 is 0 Å². The average molecular weight is 453 g/mol. The van der Waals surface area contributed by atoms with Crippen LogP contribution < -0.4 is 4.74 Å². The Morgan fingerprint density at radius 1 is 1.06 bits per heavy atom. The zero-order valence-corrected chi connectivity index (χ0v) is 17.6. The van der Waals surface area contributed by atoms with Gasteiger partial charge in [-0.1, -0.05) is 41.9 Å². The van der Waals surface area contributed by atoms with Crippen molar-refractivity contribution in [2.75, 3.05) is 13.2 Å². The first-order valence-corrected chi connectivity index (χ1v) is 10.7. The molecule has 2 fully saturated rings. The topological polar surface area (TPSA) is 82.2 Å². The fourth-order valence-corrected chi connectivity index (χ4v) is 4.45. The molecule has 1 aromatic carbocycles. The number of aromatic amines is 1. The van der Waals surface area contributed by atoms with Gasteiger partial charge in [0.1, 0.15) is 6.10 Å². The summed E-state index contributed by atoms with van der Waals surface area (Å²) >= 11 is 6.43. The molecule has 1 N–H and O–H groups in total. The molecule has 4 aromatic rings. The predicted octanol–water partition coefficient (Wildman–Crippen LogP) is 4.41. The first kappa shape index (κ1) is 19.6. The van der Waals surface area contributed by atoms with Gasteiger partial charge in [0.05, 0.1) is 40.2 Å². The molecule has 3 unspecified atom stereocenters. The van der Waals surface area contributed by atoms with Gasteiger partial charge in [0.25, 0.3) is 6.01 Å². The van der Waals surface area contributed by atoms with Crippen LogP contribution in [0.15, 0.2) is 48.5 Å². The van der Waals surface area contributed by atoms with E-state index in [9.17, 15) is 4.39 Å². The van der Waals surface area contributed by atoms with Crippen molar-refractivity contribution in [1.29, 1.82) is 0 Å². The Kier molecular flexibility index (Phi) is 4.78. The Balaban J connectivity index is 1.31. The smallest absolute Gasteiger partial charge is 0.296 e. The summed E-state index contributed by atoms with van der Waals surface area (Å²) in [5.74, 6) is -0.653. The molecule has 0 spiro atoms. The summed E-state index contributed by atoms with van der Waals surface area (Å²) in [6, 6.07) is 14.7. The maximum atomic E-state index is 14.9. The van der Waals surface area contributed by atoms with Crippen LogP contribution in [-0.2, 0) is 9.47 Å². The average Bonchev–Trinajstić information content (AvgIpc) is 3.51. The minimum absolute atomic E-state index is 0.0675. The summed E-state index contributed by atoms with van der Waals surface area (Å²) in [4.78, 5) is 16.0. The minimum Gasteiger partial charge on any atom is -0.456 e. The monoisotopic (exact) mass is 452 g/mol. The van der Waals surface area contributed by atoms with Crippen LogP contribution in [0.25, 0.3) is 33.7 Å². The lowest BCUT2D eigenvalue weighted by Gasteiger charge is -2.15. The lowest BCUT2D eigenvalue weighted by Crippen LogP contribution is -2.32. The van der Waals surface area contributed by atoms with Gasteiger partial charge in [0.2, 0.25) is 5.95 Å². The summed E-state index contributed by atoms with van der Waals surface area (Å²) < 4.78 is 32.3. The molecule has 0 saturated carbocycles. The molecule has 3 atom stereocenters. The van der Waals surface area contributed by atoms with Gasteiger partial charge in [0.15, 0.2) is 11.8 Å². The summed E-state index contributed by atoms with van der Waals surface area (Å²) in [5, 5.41) is 0.282. The maximum absolute atomic E-state index is 14.9. The maximum Gasteiger partial charge on any atom is 0.296 e. The minimum atomic E-state index is -0.653. The molecule has 2 aliphatic rings. The number of nitrogens with one attached hydrogen (secondary N) is 1. The molecule has 5 heterocycles. The first-order chi connectivity index (χ1) is 15.7. The van der Waals surface area contributed by atoms with Gasteiger partial charge in [0, 0.05) is 12.2 Å². The van der Waals surface area contributed by atoms with Crippen molar-refractivity contribution >= 4 is 22.8 Å². The lowest BCUT2D eigenvalue weighted by molar-refractivity contribution is 0.0273. The normalized spacial score (nSPS) is 22.4. The molecule has 0 bridgehead atoms. The van der Waals surface area contributed by atoms with Crippen LogP contribution in [0.5, 0.6) is 6.01 Å². The SMILES string of the molecule is Fc1nc(-c2ccccc2)ccc1-c1nc2nc(OC3COC4CCOC43)[nH]c2cc1Cl. The molecular weight excluding hydrogens is 435 g/mol. The van der Waals surface area contributed by atoms with Crippen LogP contribution in [0.4, 0.5) is 4.39 Å². The Bertz CT molecular complexity index is 1300. The molecule has 2 saturated heterocycles. The van der Waals surface area contributed by atoms with E-state index in [4.69, 9.17) is 25.8 Å². The van der Waals surface area contributed by atoms with Gasteiger partial charge >= 0.3 is 0 Å². The summed E-state index contributed by atoms with van der Waals surface area (Å²) in [5.41, 5.74) is 2.79. The van der Waals surface area contributed by atoms with Crippen LogP contribution in [0.3, 0.4) is 0 Å². The number of ether oxygens (including phenoxy) is 3. The molecule has 0 amide bonds. The van der Waals surface area contributed by atoms with Gasteiger partial charge in [-0.05, 0) is 24.6 Å². The number of aromatic nitrogens is 4. The Labute approximate surface area is 187 Å². The number of hydrogen-bond donors (Lipinski definition) is 1. The highest BCUT2D eigenvalue weighted by Crippen LogP contribution is 2.33. The van der Waals surface area contributed by atoms with Gasteiger partial charge in [-0.15, -0.1) is 0 Å².